The maximum atomic E-state index is 12.0. The smallest absolute Gasteiger partial charge is 0.330 e. The Labute approximate surface area is 106 Å². The van der Waals surface area contributed by atoms with E-state index in [1.54, 1.807) is 0 Å². The Morgan fingerprint density at radius 2 is 1.29 bits per heavy atom. The molecule has 0 bridgehead atoms. The summed E-state index contributed by atoms with van der Waals surface area (Å²) in [6, 6.07) is 0. The zero-order valence-electron chi connectivity index (χ0n) is 11.8. The Kier molecular flexibility index (Phi) is 9.14. The first-order valence-electron chi connectivity index (χ1n) is 7.08. The van der Waals surface area contributed by atoms with Gasteiger partial charge in [0.05, 0.1) is 5.41 Å². The van der Waals surface area contributed by atoms with Crippen LogP contribution in [-0.2, 0) is 9.63 Å². The Balaban J connectivity index is 4.70. The number of carbonyl (C=O) groups is 1. The van der Waals surface area contributed by atoms with Crippen LogP contribution in [0.4, 0.5) is 0 Å². The van der Waals surface area contributed by atoms with Gasteiger partial charge in [-0.05, 0) is 19.3 Å². The molecule has 0 rings (SSSR count). The van der Waals surface area contributed by atoms with Crippen molar-refractivity contribution >= 4 is 5.97 Å². The van der Waals surface area contributed by atoms with Crippen molar-refractivity contribution in [1.82, 2.24) is 0 Å². The van der Waals surface area contributed by atoms with Gasteiger partial charge in [0.2, 0.25) is 0 Å². The van der Waals surface area contributed by atoms with Gasteiger partial charge in [0.25, 0.3) is 0 Å². The van der Waals surface area contributed by atoms with Crippen molar-refractivity contribution in [3.05, 3.63) is 0 Å². The first-order valence-corrected chi connectivity index (χ1v) is 7.08. The van der Waals surface area contributed by atoms with E-state index < -0.39 is 0 Å². The Bertz CT molecular complexity index is 183. The van der Waals surface area contributed by atoms with Crippen LogP contribution >= 0.6 is 0 Å². The van der Waals surface area contributed by atoms with Crippen LogP contribution in [0, 0.1) is 5.41 Å². The molecule has 0 spiro atoms. The fourth-order valence-corrected chi connectivity index (χ4v) is 2.35. The van der Waals surface area contributed by atoms with Crippen molar-refractivity contribution in [1.29, 1.82) is 0 Å². The van der Waals surface area contributed by atoms with Gasteiger partial charge in [0.15, 0.2) is 0 Å². The van der Waals surface area contributed by atoms with E-state index >= 15 is 0 Å². The first-order chi connectivity index (χ1) is 8.16. The predicted octanol–water partition coefficient (Wildman–Crippen LogP) is 3.96. The van der Waals surface area contributed by atoms with E-state index in [-0.39, 0.29) is 11.4 Å². The predicted molar refractivity (Wildman–Crippen MR) is 71.3 cm³/mol. The molecule has 2 N–H and O–H groups in total. The lowest BCUT2D eigenvalue weighted by Crippen LogP contribution is -2.35. The highest BCUT2D eigenvalue weighted by atomic mass is 16.7. The second-order valence-corrected chi connectivity index (χ2v) is 5.00. The minimum atomic E-state index is -0.323. The van der Waals surface area contributed by atoms with Crippen molar-refractivity contribution in [2.45, 2.75) is 78.6 Å². The third-order valence-electron chi connectivity index (χ3n) is 3.57. The number of rotatable bonds is 10. The molecule has 0 unspecified atom stereocenters. The molecule has 0 heterocycles. The molecular formula is C14H29NO2. The molecule has 0 aliphatic heterocycles. The molecule has 0 amide bonds. The number of carbonyl (C=O) groups excluding carboxylic acids is 1. The molecule has 17 heavy (non-hydrogen) atoms. The summed E-state index contributed by atoms with van der Waals surface area (Å²) in [7, 11) is 0. The molecule has 0 fully saturated rings. The van der Waals surface area contributed by atoms with Crippen molar-refractivity contribution < 1.29 is 9.63 Å². The number of hydrogen-bond donors (Lipinski definition) is 1. The van der Waals surface area contributed by atoms with Crippen molar-refractivity contribution in [2.24, 2.45) is 11.3 Å². The minimum absolute atomic E-state index is 0.201. The Morgan fingerprint density at radius 3 is 1.53 bits per heavy atom. The summed E-state index contributed by atoms with van der Waals surface area (Å²) in [5.74, 6) is 4.92. The molecule has 0 atom stereocenters. The molecule has 0 radical (unpaired) electrons. The average Bonchev–Trinajstić information content (AvgIpc) is 2.37. The SMILES string of the molecule is CCCCC(CCCC)(CCCC)C(=O)ON. The van der Waals surface area contributed by atoms with Crippen LogP contribution in [0.5, 0.6) is 0 Å². The Hall–Kier alpha value is -0.570. The molecule has 0 aromatic heterocycles. The molecular weight excluding hydrogens is 214 g/mol. The largest absolute Gasteiger partial charge is 0.373 e. The van der Waals surface area contributed by atoms with Crippen LogP contribution < -0.4 is 5.90 Å². The molecule has 0 aliphatic carbocycles. The third-order valence-corrected chi connectivity index (χ3v) is 3.57. The molecule has 0 saturated carbocycles. The van der Waals surface area contributed by atoms with E-state index in [0.717, 1.165) is 57.8 Å². The minimum Gasteiger partial charge on any atom is -0.373 e. The van der Waals surface area contributed by atoms with Gasteiger partial charge in [-0.25, -0.2) is 4.79 Å². The second-order valence-electron chi connectivity index (χ2n) is 5.00. The standard InChI is InChI=1S/C14H29NO2/c1-4-7-10-14(11-8-5-2,12-9-6-3)13(16)17-15/h4-12,15H2,1-3H3. The quantitative estimate of drug-likeness (QED) is 0.591. The second kappa shape index (κ2) is 9.46. The number of nitrogens with two attached hydrogens (primary N) is 1. The van der Waals surface area contributed by atoms with Gasteiger partial charge in [-0.1, -0.05) is 59.3 Å². The summed E-state index contributed by atoms with van der Waals surface area (Å²) in [6.45, 7) is 6.45. The van der Waals surface area contributed by atoms with Crippen LogP contribution in [0.1, 0.15) is 78.6 Å². The highest BCUT2D eigenvalue weighted by Gasteiger charge is 2.37. The summed E-state index contributed by atoms with van der Waals surface area (Å²) in [5, 5.41) is 0. The van der Waals surface area contributed by atoms with Crippen LogP contribution in [0.15, 0.2) is 0 Å². The van der Waals surface area contributed by atoms with Crippen LogP contribution in [0.25, 0.3) is 0 Å². The zero-order valence-corrected chi connectivity index (χ0v) is 11.8. The monoisotopic (exact) mass is 243 g/mol. The van der Waals surface area contributed by atoms with E-state index in [0.29, 0.717) is 0 Å². The molecule has 0 aliphatic rings. The fraction of sp³-hybridized carbons (Fsp3) is 0.929. The van der Waals surface area contributed by atoms with E-state index in [4.69, 9.17) is 5.90 Å². The topological polar surface area (TPSA) is 52.3 Å². The lowest BCUT2D eigenvalue weighted by molar-refractivity contribution is -0.158. The highest BCUT2D eigenvalue weighted by Crippen LogP contribution is 2.37. The molecule has 0 aromatic carbocycles. The third kappa shape index (κ3) is 5.53. The lowest BCUT2D eigenvalue weighted by atomic mass is 9.74. The summed E-state index contributed by atoms with van der Waals surface area (Å²) >= 11 is 0. The zero-order chi connectivity index (χ0) is 13.1. The van der Waals surface area contributed by atoms with E-state index in [1.165, 1.54) is 0 Å². The molecule has 3 heteroatoms. The number of hydrogen-bond acceptors (Lipinski definition) is 3. The molecule has 0 saturated heterocycles. The summed E-state index contributed by atoms with van der Waals surface area (Å²) in [6.07, 6.45) is 9.29. The maximum absolute atomic E-state index is 12.0. The van der Waals surface area contributed by atoms with Gasteiger partial charge in [-0.2, -0.15) is 5.90 Å². The number of unbranched alkanes of at least 4 members (excludes halogenated alkanes) is 3. The van der Waals surface area contributed by atoms with Crippen molar-refractivity contribution in [2.75, 3.05) is 0 Å². The van der Waals surface area contributed by atoms with E-state index in [9.17, 15) is 4.79 Å². The normalized spacial score (nSPS) is 11.5. The van der Waals surface area contributed by atoms with Crippen molar-refractivity contribution in [3.8, 4) is 0 Å². The van der Waals surface area contributed by atoms with Gasteiger partial charge in [0, 0.05) is 0 Å². The van der Waals surface area contributed by atoms with Crippen LogP contribution in [0.2, 0.25) is 0 Å². The maximum Gasteiger partial charge on any atom is 0.330 e. The van der Waals surface area contributed by atoms with Gasteiger partial charge in [-0.3, -0.25) is 0 Å². The highest BCUT2D eigenvalue weighted by molar-refractivity contribution is 5.76. The van der Waals surface area contributed by atoms with E-state index in [2.05, 4.69) is 25.6 Å². The summed E-state index contributed by atoms with van der Waals surface area (Å²) in [5.41, 5.74) is -0.323. The summed E-state index contributed by atoms with van der Waals surface area (Å²) in [4.78, 5) is 16.6. The van der Waals surface area contributed by atoms with Crippen LogP contribution in [0.3, 0.4) is 0 Å². The van der Waals surface area contributed by atoms with Crippen LogP contribution in [-0.4, -0.2) is 5.97 Å². The first kappa shape index (κ1) is 16.4. The summed E-state index contributed by atoms with van der Waals surface area (Å²) < 4.78 is 0. The average molecular weight is 243 g/mol. The molecule has 102 valence electrons. The van der Waals surface area contributed by atoms with Gasteiger partial charge < -0.3 is 4.84 Å². The van der Waals surface area contributed by atoms with Gasteiger partial charge in [0.1, 0.15) is 0 Å². The lowest BCUT2D eigenvalue weighted by Gasteiger charge is -2.30. The fourth-order valence-electron chi connectivity index (χ4n) is 2.35. The van der Waals surface area contributed by atoms with Gasteiger partial charge in [-0.15, -0.1) is 0 Å². The molecule has 0 aromatic rings. The van der Waals surface area contributed by atoms with Gasteiger partial charge >= 0.3 is 5.97 Å². The molecule has 3 nitrogen and oxygen atoms in total. The van der Waals surface area contributed by atoms with Crippen molar-refractivity contribution in [3.63, 3.8) is 0 Å². The van der Waals surface area contributed by atoms with E-state index in [1.807, 2.05) is 0 Å². The Morgan fingerprint density at radius 1 is 0.941 bits per heavy atom.